The Morgan fingerprint density at radius 1 is 1.40 bits per heavy atom. The number of halogens is 3. The van der Waals surface area contributed by atoms with Gasteiger partial charge in [0, 0.05) is 23.3 Å². The number of nitrogens with one attached hydrogen (secondary N) is 1. The van der Waals surface area contributed by atoms with Crippen molar-refractivity contribution in [3.8, 4) is 0 Å². The van der Waals surface area contributed by atoms with Gasteiger partial charge in [0.2, 0.25) is 5.67 Å². The van der Waals surface area contributed by atoms with Crippen molar-refractivity contribution in [3.05, 3.63) is 64.2 Å². The van der Waals surface area contributed by atoms with Gasteiger partial charge in [0.25, 0.3) is 5.91 Å². The number of aliphatic hydroxyl groups is 1. The van der Waals surface area contributed by atoms with Crippen LogP contribution in [0.15, 0.2) is 36.5 Å². The van der Waals surface area contributed by atoms with E-state index in [4.69, 9.17) is 11.6 Å². The molecule has 4 nitrogen and oxygen atoms in total. The minimum absolute atomic E-state index is 0.0321. The molecule has 0 spiro atoms. The fourth-order valence-electron chi connectivity index (χ4n) is 3.04. The van der Waals surface area contributed by atoms with Crippen LogP contribution in [0.4, 0.5) is 8.78 Å². The first kappa shape index (κ1) is 17.8. The summed E-state index contributed by atoms with van der Waals surface area (Å²) in [4.78, 5) is 16.6. The normalized spacial score (nSPS) is 25.3. The van der Waals surface area contributed by atoms with Gasteiger partial charge in [-0.05, 0) is 43.5 Å². The van der Waals surface area contributed by atoms with Crippen molar-refractivity contribution in [2.24, 2.45) is 0 Å². The Kier molecular flexibility index (Phi) is 4.51. The molecule has 0 saturated carbocycles. The van der Waals surface area contributed by atoms with Crippen LogP contribution >= 0.6 is 11.6 Å². The molecule has 1 aliphatic carbocycles. The number of alkyl halides is 1. The van der Waals surface area contributed by atoms with Crippen LogP contribution in [0.5, 0.6) is 0 Å². The maximum atomic E-state index is 15.5. The fourth-order valence-corrected chi connectivity index (χ4v) is 3.27. The molecule has 2 N–H and O–H groups in total. The van der Waals surface area contributed by atoms with E-state index in [1.54, 1.807) is 6.92 Å². The van der Waals surface area contributed by atoms with Crippen molar-refractivity contribution >= 4 is 17.5 Å². The summed E-state index contributed by atoms with van der Waals surface area (Å²) in [6, 6.07) is 6.77. The predicted molar refractivity (Wildman–Crippen MR) is 89.1 cm³/mol. The minimum Gasteiger partial charge on any atom is -0.384 e. The number of hydrogen-bond donors (Lipinski definition) is 2. The van der Waals surface area contributed by atoms with Crippen LogP contribution in [0.3, 0.4) is 0 Å². The van der Waals surface area contributed by atoms with Gasteiger partial charge in [-0.3, -0.25) is 9.78 Å². The first-order valence-corrected chi connectivity index (χ1v) is 8.21. The molecule has 132 valence electrons. The topological polar surface area (TPSA) is 62.2 Å². The number of rotatable bonds is 3. The number of aromatic nitrogens is 1. The number of carbonyl (C=O) groups is 1. The quantitative estimate of drug-likeness (QED) is 0.875. The van der Waals surface area contributed by atoms with E-state index in [1.165, 1.54) is 30.5 Å². The maximum absolute atomic E-state index is 15.5. The van der Waals surface area contributed by atoms with Gasteiger partial charge >= 0.3 is 0 Å². The molecule has 1 aliphatic rings. The van der Waals surface area contributed by atoms with Gasteiger partial charge in [-0.2, -0.15) is 0 Å². The molecule has 1 aromatic heterocycles. The Morgan fingerprint density at radius 3 is 2.88 bits per heavy atom. The van der Waals surface area contributed by atoms with E-state index in [0.29, 0.717) is 5.56 Å². The fraction of sp³-hybridized carbons (Fsp3) is 0.333. The van der Waals surface area contributed by atoms with Crippen LogP contribution in [0.1, 0.15) is 36.6 Å². The molecule has 0 saturated heterocycles. The number of amides is 1. The van der Waals surface area contributed by atoms with E-state index in [2.05, 4.69) is 10.3 Å². The highest BCUT2D eigenvalue weighted by atomic mass is 35.5. The average molecular weight is 367 g/mol. The van der Waals surface area contributed by atoms with Crippen molar-refractivity contribution < 1.29 is 18.7 Å². The lowest BCUT2D eigenvalue weighted by Gasteiger charge is -2.37. The van der Waals surface area contributed by atoms with Gasteiger partial charge in [0.05, 0.1) is 5.69 Å². The van der Waals surface area contributed by atoms with E-state index in [9.17, 15) is 14.3 Å². The van der Waals surface area contributed by atoms with E-state index < -0.39 is 23.0 Å². The van der Waals surface area contributed by atoms with Crippen molar-refractivity contribution in [3.63, 3.8) is 0 Å². The maximum Gasteiger partial charge on any atom is 0.262 e. The summed E-state index contributed by atoms with van der Waals surface area (Å²) in [6.07, 6.45) is 1.36. The summed E-state index contributed by atoms with van der Waals surface area (Å²) in [7, 11) is 0. The SMILES string of the molecule is C[C@@]1(O)CC[C@@](F)(C(=O)NCc2ccc(F)cc2Cl)c2cccnc21. The molecule has 0 aliphatic heterocycles. The molecule has 0 radical (unpaired) electrons. The first-order valence-electron chi connectivity index (χ1n) is 7.83. The molecule has 0 bridgehead atoms. The standard InChI is InChI=1S/C18H17ClF2N2O2/c1-17(25)6-7-18(21,13-3-2-8-22-15(13)17)16(24)23-10-11-4-5-12(20)9-14(11)19/h2-5,8-9,25H,6-7,10H2,1H3,(H,23,24)/t17-,18+/m1/s1. The molecule has 1 heterocycles. The molecule has 0 fully saturated rings. The van der Waals surface area contributed by atoms with Crippen LogP contribution in [0.25, 0.3) is 0 Å². The highest BCUT2D eigenvalue weighted by Crippen LogP contribution is 2.45. The third-order valence-electron chi connectivity index (χ3n) is 4.52. The third-order valence-corrected chi connectivity index (χ3v) is 4.87. The molecule has 1 amide bonds. The molecule has 7 heteroatoms. The van der Waals surface area contributed by atoms with Crippen LogP contribution in [-0.4, -0.2) is 16.0 Å². The predicted octanol–water partition coefficient (Wildman–Crippen LogP) is 3.36. The zero-order valence-electron chi connectivity index (χ0n) is 13.5. The van der Waals surface area contributed by atoms with Crippen molar-refractivity contribution in [1.29, 1.82) is 0 Å². The smallest absolute Gasteiger partial charge is 0.262 e. The molecule has 3 rings (SSSR count). The molecule has 25 heavy (non-hydrogen) atoms. The van der Waals surface area contributed by atoms with Crippen LogP contribution in [-0.2, 0) is 22.6 Å². The third kappa shape index (κ3) is 3.24. The second-order valence-corrected chi connectivity index (χ2v) is 6.80. The highest BCUT2D eigenvalue weighted by molar-refractivity contribution is 6.31. The Labute approximate surface area is 148 Å². The number of nitrogens with zero attached hydrogens (tertiary/aromatic N) is 1. The van der Waals surface area contributed by atoms with Crippen LogP contribution in [0, 0.1) is 5.82 Å². The summed E-state index contributed by atoms with van der Waals surface area (Å²) in [5.41, 5.74) is -2.87. The van der Waals surface area contributed by atoms with Gasteiger partial charge < -0.3 is 10.4 Å². The van der Waals surface area contributed by atoms with Crippen molar-refractivity contribution in [2.75, 3.05) is 0 Å². The lowest BCUT2D eigenvalue weighted by Crippen LogP contribution is -2.47. The van der Waals surface area contributed by atoms with Crippen molar-refractivity contribution in [1.82, 2.24) is 10.3 Å². The first-order chi connectivity index (χ1) is 11.7. The van der Waals surface area contributed by atoms with Crippen molar-refractivity contribution in [2.45, 2.75) is 37.6 Å². The number of fused-ring (bicyclic) bond motifs is 1. The lowest BCUT2D eigenvalue weighted by atomic mass is 9.75. The zero-order valence-corrected chi connectivity index (χ0v) is 14.3. The Balaban J connectivity index is 1.84. The second-order valence-electron chi connectivity index (χ2n) is 6.39. The molecular formula is C18H17ClF2N2O2. The summed E-state index contributed by atoms with van der Waals surface area (Å²) < 4.78 is 28.6. The monoisotopic (exact) mass is 366 g/mol. The van der Waals surface area contributed by atoms with Gasteiger partial charge in [0.15, 0.2) is 0 Å². The molecule has 0 unspecified atom stereocenters. The number of benzene rings is 1. The minimum atomic E-state index is -2.29. The summed E-state index contributed by atoms with van der Waals surface area (Å²) >= 11 is 5.92. The van der Waals surface area contributed by atoms with Gasteiger partial charge in [-0.1, -0.05) is 23.7 Å². The summed E-state index contributed by atoms with van der Waals surface area (Å²) in [5, 5.41) is 13.1. The van der Waals surface area contributed by atoms with Crippen LogP contribution < -0.4 is 5.32 Å². The lowest BCUT2D eigenvalue weighted by molar-refractivity contribution is -0.136. The Morgan fingerprint density at radius 2 is 2.16 bits per heavy atom. The van der Waals surface area contributed by atoms with E-state index in [-0.39, 0.29) is 35.7 Å². The molecular weight excluding hydrogens is 350 g/mol. The Bertz CT molecular complexity index is 828. The molecule has 2 atom stereocenters. The Hall–Kier alpha value is -2.05. The zero-order chi connectivity index (χ0) is 18.2. The van der Waals surface area contributed by atoms with E-state index in [1.807, 2.05) is 0 Å². The summed E-state index contributed by atoms with van der Waals surface area (Å²) in [5.74, 6) is -1.32. The van der Waals surface area contributed by atoms with Crippen LogP contribution in [0.2, 0.25) is 5.02 Å². The van der Waals surface area contributed by atoms with Gasteiger partial charge in [-0.25, -0.2) is 8.78 Å². The average Bonchev–Trinajstić information content (AvgIpc) is 2.58. The van der Waals surface area contributed by atoms with E-state index in [0.717, 1.165) is 6.07 Å². The number of hydrogen-bond acceptors (Lipinski definition) is 3. The number of carbonyl (C=O) groups excluding carboxylic acids is 1. The molecule has 2 aromatic rings. The summed E-state index contributed by atoms with van der Waals surface area (Å²) in [6.45, 7) is 1.52. The van der Waals surface area contributed by atoms with Gasteiger partial charge in [-0.15, -0.1) is 0 Å². The number of pyridine rings is 1. The molecule has 1 aromatic carbocycles. The highest BCUT2D eigenvalue weighted by Gasteiger charge is 2.50. The van der Waals surface area contributed by atoms with Gasteiger partial charge in [0.1, 0.15) is 11.4 Å². The second kappa shape index (κ2) is 6.35. The largest absolute Gasteiger partial charge is 0.384 e. The van der Waals surface area contributed by atoms with E-state index >= 15 is 4.39 Å².